The van der Waals surface area contributed by atoms with E-state index in [2.05, 4.69) is 5.32 Å². The van der Waals surface area contributed by atoms with E-state index in [0.717, 1.165) is 19.4 Å². The van der Waals surface area contributed by atoms with E-state index in [9.17, 15) is 9.59 Å². The third kappa shape index (κ3) is 1.39. The van der Waals surface area contributed by atoms with Crippen LogP contribution in [0.25, 0.3) is 0 Å². The predicted octanol–water partition coefficient (Wildman–Crippen LogP) is -0.582. The van der Waals surface area contributed by atoms with Crippen LogP contribution in [0.15, 0.2) is 0 Å². The molecule has 0 aromatic heterocycles. The van der Waals surface area contributed by atoms with Crippen molar-refractivity contribution in [1.82, 2.24) is 10.2 Å². The van der Waals surface area contributed by atoms with Crippen LogP contribution in [-0.2, 0) is 4.79 Å². The molecule has 0 aromatic carbocycles. The van der Waals surface area contributed by atoms with Gasteiger partial charge in [0.2, 0.25) is 5.91 Å². The van der Waals surface area contributed by atoms with Crippen molar-refractivity contribution in [3.63, 3.8) is 0 Å². The van der Waals surface area contributed by atoms with Crippen LogP contribution in [0.4, 0.5) is 4.79 Å². The first-order chi connectivity index (χ1) is 6.18. The number of nitrogens with one attached hydrogen (secondary N) is 1. The molecule has 2 saturated heterocycles. The fourth-order valence-corrected chi connectivity index (χ4v) is 2.03. The van der Waals surface area contributed by atoms with Crippen LogP contribution in [0.2, 0.25) is 0 Å². The minimum atomic E-state index is -0.281. The van der Waals surface area contributed by atoms with Crippen LogP contribution >= 0.6 is 0 Å². The Hall–Kier alpha value is -1.10. The molecular weight excluding hydrogens is 170 g/mol. The Morgan fingerprint density at radius 3 is 3.00 bits per heavy atom. The highest BCUT2D eigenvalue weighted by atomic mass is 16.2. The highest BCUT2D eigenvalue weighted by Crippen LogP contribution is 2.21. The van der Waals surface area contributed by atoms with Crippen molar-refractivity contribution in [2.24, 2.45) is 5.73 Å². The van der Waals surface area contributed by atoms with Crippen molar-refractivity contribution in [2.45, 2.75) is 31.3 Å². The summed E-state index contributed by atoms with van der Waals surface area (Å²) < 4.78 is 0. The smallest absolute Gasteiger partial charge is 0.324 e. The van der Waals surface area contributed by atoms with E-state index in [1.165, 1.54) is 0 Å². The number of piperidine rings is 1. The normalized spacial score (nSPS) is 34.1. The number of carbonyl (C=O) groups is 2. The Labute approximate surface area is 76.3 Å². The third-order valence-electron chi connectivity index (χ3n) is 2.73. The van der Waals surface area contributed by atoms with Gasteiger partial charge in [0.1, 0.15) is 0 Å². The molecule has 72 valence electrons. The Balaban J connectivity index is 2.17. The van der Waals surface area contributed by atoms with Crippen LogP contribution in [0.1, 0.15) is 19.3 Å². The summed E-state index contributed by atoms with van der Waals surface area (Å²) in [5.41, 5.74) is 5.84. The summed E-state index contributed by atoms with van der Waals surface area (Å²) in [6.07, 6.45) is 2.19. The average Bonchev–Trinajstić information content (AvgIpc) is 2.07. The van der Waals surface area contributed by atoms with Gasteiger partial charge < -0.3 is 10.6 Å². The molecule has 0 aromatic rings. The molecule has 0 radical (unpaired) electrons. The molecule has 2 rings (SSSR count). The molecular formula is C8H13N3O2. The van der Waals surface area contributed by atoms with Crippen molar-refractivity contribution >= 4 is 11.9 Å². The largest absolute Gasteiger partial charge is 0.326 e. The summed E-state index contributed by atoms with van der Waals surface area (Å²) in [6, 6.07) is -0.393. The number of nitrogens with two attached hydrogens (primary N) is 1. The number of urea groups is 1. The lowest BCUT2D eigenvalue weighted by Gasteiger charge is -2.41. The van der Waals surface area contributed by atoms with Crippen LogP contribution < -0.4 is 11.1 Å². The second kappa shape index (κ2) is 2.99. The van der Waals surface area contributed by atoms with E-state index in [1.54, 1.807) is 4.90 Å². The fourth-order valence-electron chi connectivity index (χ4n) is 2.03. The zero-order chi connectivity index (χ0) is 9.42. The van der Waals surface area contributed by atoms with Gasteiger partial charge in [-0.3, -0.25) is 10.1 Å². The van der Waals surface area contributed by atoms with E-state index < -0.39 is 0 Å². The molecule has 5 nitrogen and oxygen atoms in total. The molecule has 2 aliphatic rings. The van der Waals surface area contributed by atoms with E-state index >= 15 is 0 Å². The van der Waals surface area contributed by atoms with Gasteiger partial charge in [-0.15, -0.1) is 0 Å². The van der Waals surface area contributed by atoms with Gasteiger partial charge in [0.15, 0.2) is 0 Å². The highest BCUT2D eigenvalue weighted by molar-refractivity contribution is 5.97. The molecule has 2 atom stereocenters. The van der Waals surface area contributed by atoms with Gasteiger partial charge in [-0.2, -0.15) is 0 Å². The number of hydrogen-bond donors (Lipinski definition) is 2. The van der Waals surface area contributed by atoms with Gasteiger partial charge in [0.05, 0.1) is 6.04 Å². The van der Waals surface area contributed by atoms with Gasteiger partial charge in [0, 0.05) is 19.0 Å². The number of amides is 3. The van der Waals surface area contributed by atoms with Gasteiger partial charge in [0.25, 0.3) is 0 Å². The minimum Gasteiger partial charge on any atom is -0.326 e. The summed E-state index contributed by atoms with van der Waals surface area (Å²) in [5, 5.41) is 2.29. The highest BCUT2D eigenvalue weighted by Gasteiger charge is 2.38. The van der Waals surface area contributed by atoms with Crippen molar-refractivity contribution < 1.29 is 9.59 Å². The van der Waals surface area contributed by atoms with Gasteiger partial charge in [-0.1, -0.05) is 0 Å². The molecule has 5 heteroatoms. The maximum absolute atomic E-state index is 11.3. The summed E-state index contributed by atoms with van der Waals surface area (Å²) in [7, 11) is 0. The SMILES string of the molecule is NC1CCCN2C(=O)NC(=O)CC12. The first-order valence-corrected chi connectivity index (χ1v) is 4.54. The Bertz CT molecular complexity index is 254. The first-order valence-electron chi connectivity index (χ1n) is 4.54. The molecule has 2 aliphatic heterocycles. The Morgan fingerprint density at radius 2 is 2.23 bits per heavy atom. The second-order valence-corrected chi connectivity index (χ2v) is 3.62. The zero-order valence-corrected chi connectivity index (χ0v) is 7.32. The topological polar surface area (TPSA) is 75.4 Å². The van der Waals surface area contributed by atoms with E-state index in [0.29, 0.717) is 6.42 Å². The Morgan fingerprint density at radius 1 is 1.46 bits per heavy atom. The summed E-state index contributed by atoms with van der Waals surface area (Å²) in [4.78, 5) is 24.1. The van der Waals surface area contributed by atoms with Crippen LogP contribution in [0, 0.1) is 0 Å². The average molecular weight is 183 g/mol. The molecule has 3 N–H and O–H groups in total. The lowest BCUT2D eigenvalue weighted by Crippen LogP contribution is -2.62. The van der Waals surface area contributed by atoms with E-state index in [-0.39, 0.29) is 24.0 Å². The molecule has 0 saturated carbocycles. The molecule has 2 unspecified atom stereocenters. The zero-order valence-electron chi connectivity index (χ0n) is 7.32. The number of nitrogens with zero attached hydrogens (tertiary/aromatic N) is 1. The van der Waals surface area contributed by atoms with Crippen molar-refractivity contribution in [3.8, 4) is 0 Å². The minimum absolute atomic E-state index is 0.0382. The lowest BCUT2D eigenvalue weighted by molar-refractivity contribution is -0.123. The molecule has 0 bridgehead atoms. The molecule has 0 spiro atoms. The number of imide groups is 1. The van der Waals surface area contributed by atoms with Gasteiger partial charge in [-0.25, -0.2) is 4.79 Å². The maximum atomic E-state index is 11.3. The summed E-state index contributed by atoms with van der Waals surface area (Å²) >= 11 is 0. The standard InChI is InChI=1S/C8H13N3O2/c9-5-2-1-3-11-6(5)4-7(12)10-8(11)13/h5-6H,1-4,9H2,(H,10,12,13). The monoisotopic (exact) mass is 183 g/mol. The number of fused-ring (bicyclic) bond motifs is 1. The molecule has 2 fully saturated rings. The summed E-state index contributed by atoms with van der Waals surface area (Å²) in [6.45, 7) is 0.720. The lowest BCUT2D eigenvalue weighted by atomic mass is 9.93. The van der Waals surface area contributed by atoms with Gasteiger partial charge >= 0.3 is 6.03 Å². The Kier molecular flexibility index (Phi) is 1.95. The fraction of sp³-hybridized carbons (Fsp3) is 0.750. The predicted molar refractivity (Wildman–Crippen MR) is 45.9 cm³/mol. The first kappa shape index (κ1) is 8.50. The molecule has 0 aliphatic carbocycles. The molecule has 13 heavy (non-hydrogen) atoms. The maximum Gasteiger partial charge on any atom is 0.324 e. The number of hydrogen-bond acceptors (Lipinski definition) is 3. The van der Waals surface area contributed by atoms with Crippen molar-refractivity contribution in [1.29, 1.82) is 0 Å². The quantitative estimate of drug-likeness (QED) is 0.527. The van der Waals surface area contributed by atoms with Crippen molar-refractivity contribution in [2.75, 3.05) is 6.54 Å². The molecule has 3 amide bonds. The number of rotatable bonds is 0. The van der Waals surface area contributed by atoms with E-state index in [1.807, 2.05) is 0 Å². The third-order valence-corrected chi connectivity index (χ3v) is 2.73. The van der Waals surface area contributed by atoms with Gasteiger partial charge in [-0.05, 0) is 12.8 Å². The number of carbonyl (C=O) groups excluding carboxylic acids is 2. The van der Waals surface area contributed by atoms with E-state index in [4.69, 9.17) is 5.73 Å². The summed E-state index contributed by atoms with van der Waals surface area (Å²) in [5.74, 6) is -0.205. The van der Waals surface area contributed by atoms with Crippen LogP contribution in [0.5, 0.6) is 0 Å². The van der Waals surface area contributed by atoms with Crippen LogP contribution in [-0.4, -0.2) is 35.5 Å². The van der Waals surface area contributed by atoms with Crippen molar-refractivity contribution in [3.05, 3.63) is 0 Å². The molecule has 2 heterocycles. The van der Waals surface area contributed by atoms with Crippen LogP contribution in [0.3, 0.4) is 0 Å². The second-order valence-electron chi connectivity index (χ2n) is 3.62.